The molecule has 7 nitrogen and oxygen atoms in total. The van der Waals surface area contributed by atoms with Gasteiger partial charge in [0, 0.05) is 12.1 Å². The third-order valence-corrected chi connectivity index (χ3v) is 4.11. The van der Waals surface area contributed by atoms with Crippen molar-refractivity contribution in [2.75, 3.05) is 10.6 Å². The van der Waals surface area contributed by atoms with E-state index in [1.165, 1.54) is 19.1 Å². The monoisotopic (exact) mass is 327 g/mol. The van der Waals surface area contributed by atoms with Crippen molar-refractivity contribution in [1.29, 1.82) is 0 Å². The molecule has 7 heteroatoms. The Bertz CT molecular complexity index is 810. The Morgan fingerprint density at radius 2 is 2.25 bits per heavy atom. The van der Waals surface area contributed by atoms with Crippen LogP contribution in [0.1, 0.15) is 36.1 Å². The maximum Gasteiger partial charge on any atom is 0.277 e. The van der Waals surface area contributed by atoms with E-state index in [1.807, 2.05) is 0 Å². The minimum atomic E-state index is -0.530. The maximum absolute atomic E-state index is 12.3. The second-order valence-electron chi connectivity index (χ2n) is 6.19. The normalized spacial score (nSPS) is 19.2. The summed E-state index contributed by atoms with van der Waals surface area (Å²) in [5.41, 5.74) is 1.33. The number of aromatic nitrogens is 1. The van der Waals surface area contributed by atoms with Gasteiger partial charge in [0.15, 0.2) is 17.7 Å². The number of nitrogens with zero attached hydrogens (tertiary/aromatic N) is 1. The summed E-state index contributed by atoms with van der Waals surface area (Å²) in [6, 6.07) is 5.08. The van der Waals surface area contributed by atoms with Gasteiger partial charge in [-0.3, -0.25) is 9.59 Å². The molecule has 1 atom stereocenters. The van der Waals surface area contributed by atoms with E-state index in [0.29, 0.717) is 28.9 Å². The summed E-state index contributed by atoms with van der Waals surface area (Å²) < 4.78 is 10.8. The molecule has 1 aromatic heterocycles. The molecule has 1 fully saturated rings. The molecular formula is C17H17N3O4. The topological polar surface area (TPSA) is 93.5 Å². The largest absolute Gasteiger partial charge is 0.479 e. The number of oxazole rings is 1. The molecule has 2 aliphatic rings. The van der Waals surface area contributed by atoms with Crippen LogP contribution in [0.4, 0.5) is 11.4 Å². The molecule has 1 aliphatic carbocycles. The zero-order chi connectivity index (χ0) is 16.7. The Labute approximate surface area is 138 Å². The van der Waals surface area contributed by atoms with E-state index in [4.69, 9.17) is 9.15 Å². The Kier molecular flexibility index (Phi) is 3.48. The highest BCUT2D eigenvalue weighted by molar-refractivity contribution is 6.04. The lowest BCUT2D eigenvalue weighted by Crippen LogP contribution is -2.34. The van der Waals surface area contributed by atoms with Crippen LogP contribution in [0.5, 0.6) is 5.75 Å². The maximum atomic E-state index is 12.3. The molecule has 4 rings (SSSR count). The van der Waals surface area contributed by atoms with Crippen LogP contribution in [0.15, 0.2) is 28.9 Å². The molecule has 124 valence electrons. The summed E-state index contributed by atoms with van der Waals surface area (Å²) in [6.07, 6.45) is 4.03. The molecular weight excluding hydrogens is 310 g/mol. The first-order chi connectivity index (χ1) is 11.6. The number of benzene rings is 1. The van der Waals surface area contributed by atoms with Gasteiger partial charge in [0.05, 0.1) is 5.69 Å². The first-order valence-corrected chi connectivity index (χ1v) is 7.96. The SMILES string of the molecule is C[C@H]1Oc2ccc(NC(=O)c3coc(CC4CC4)n3)cc2NC1=O. The van der Waals surface area contributed by atoms with Crippen LogP contribution >= 0.6 is 0 Å². The zero-order valence-corrected chi connectivity index (χ0v) is 13.2. The predicted octanol–water partition coefficient (Wildman–Crippen LogP) is 2.60. The van der Waals surface area contributed by atoms with E-state index in [-0.39, 0.29) is 17.5 Å². The first kappa shape index (κ1) is 14.7. The minimum absolute atomic E-state index is 0.216. The summed E-state index contributed by atoms with van der Waals surface area (Å²) >= 11 is 0. The molecule has 24 heavy (non-hydrogen) atoms. The molecule has 2 aromatic rings. The van der Waals surface area contributed by atoms with Crippen molar-refractivity contribution < 1.29 is 18.7 Å². The van der Waals surface area contributed by atoms with Crippen LogP contribution in [0.25, 0.3) is 0 Å². The van der Waals surface area contributed by atoms with Crippen molar-refractivity contribution >= 4 is 23.2 Å². The standard InChI is InChI=1S/C17H17N3O4/c1-9-16(21)20-12-7-11(4-5-14(12)24-9)18-17(22)13-8-23-15(19-13)6-10-2-3-10/h4-5,7-10H,2-3,6H2,1H3,(H,18,22)(H,20,21)/t9-/m1/s1. The van der Waals surface area contributed by atoms with E-state index in [9.17, 15) is 9.59 Å². The zero-order valence-electron chi connectivity index (χ0n) is 13.2. The number of amides is 2. The second-order valence-corrected chi connectivity index (χ2v) is 6.19. The summed E-state index contributed by atoms with van der Waals surface area (Å²) in [6.45, 7) is 1.68. The highest BCUT2D eigenvalue weighted by atomic mass is 16.5. The number of ether oxygens (including phenoxy) is 1. The molecule has 2 N–H and O–H groups in total. The average molecular weight is 327 g/mol. The van der Waals surface area contributed by atoms with Gasteiger partial charge in [-0.25, -0.2) is 4.98 Å². The third-order valence-electron chi connectivity index (χ3n) is 4.11. The fourth-order valence-electron chi connectivity index (χ4n) is 2.56. The average Bonchev–Trinajstić information content (AvgIpc) is 3.23. The molecule has 2 heterocycles. The lowest BCUT2D eigenvalue weighted by molar-refractivity contribution is -0.122. The summed E-state index contributed by atoms with van der Waals surface area (Å²) in [5, 5.41) is 5.49. The second kappa shape index (κ2) is 5.67. The van der Waals surface area contributed by atoms with Crippen LogP contribution in [0.2, 0.25) is 0 Å². The number of hydrogen-bond acceptors (Lipinski definition) is 5. The van der Waals surface area contributed by atoms with E-state index >= 15 is 0 Å². The van der Waals surface area contributed by atoms with Gasteiger partial charge in [0.25, 0.3) is 11.8 Å². The number of rotatable bonds is 4. The van der Waals surface area contributed by atoms with Gasteiger partial charge in [-0.15, -0.1) is 0 Å². The van der Waals surface area contributed by atoms with E-state index in [2.05, 4.69) is 15.6 Å². The molecule has 1 aliphatic heterocycles. The van der Waals surface area contributed by atoms with Crippen LogP contribution in [0, 0.1) is 5.92 Å². The van der Waals surface area contributed by atoms with Gasteiger partial charge in [-0.2, -0.15) is 0 Å². The van der Waals surface area contributed by atoms with Gasteiger partial charge in [-0.05, 0) is 43.9 Å². The number of nitrogens with one attached hydrogen (secondary N) is 2. The van der Waals surface area contributed by atoms with Gasteiger partial charge >= 0.3 is 0 Å². The van der Waals surface area contributed by atoms with Gasteiger partial charge in [0.2, 0.25) is 0 Å². The van der Waals surface area contributed by atoms with Crippen molar-refractivity contribution in [3.05, 3.63) is 36.0 Å². The Balaban J connectivity index is 1.46. The van der Waals surface area contributed by atoms with Gasteiger partial charge in [-0.1, -0.05) is 0 Å². The highest BCUT2D eigenvalue weighted by Gasteiger charge is 2.25. The summed E-state index contributed by atoms with van der Waals surface area (Å²) in [5.74, 6) is 1.26. The minimum Gasteiger partial charge on any atom is -0.479 e. The van der Waals surface area contributed by atoms with Crippen LogP contribution in [-0.2, 0) is 11.2 Å². The van der Waals surface area contributed by atoms with Crippen LogP contribution in [0.3, 0.4) is 0 Å². The van der Waals surface area contributed by atoms with Crippen LogP contribution in [-0.4, -0.2) is 22.9 Å². The summed E-state index contributed by atoms with van der Waals surface area (Å²) in [4.78, 5) is 28.1. The first-order valence-electron chi connectivity index (χ1n) is 7.96. The van der Waals surface area contributed by atoms with Gasteiger partial charge in [0.1, 0.15) is 12.0 Å². The molecule has 0 bridgehead atoms. The molecule has 0 saturated heterocycles. The lowest BCUT2D eigenvalue weighted by Gasteiger charge is -2.23. The fraction of sp³-hybridized carbons (Fsp3) is 0.353. The molecule has 2 amide bonds. The fourth-order valence-corrected chi connectivity index (χ4v) is 2.56. The van der Waals surface area contributed by atoms with Crippen molar-refractivity contribution in [3.63, 3.8) is 0 Å². The van der Waals surface area contributed by atoms with E-state index in [1.54, 1.807) is 25.1 Å². The molecule has 0 unspecified atom stereocenters. The number of anilines is 2. The number of carbonyl (C=O) groups is 2. The van der Waals surface area contributed by atoms with E-state index in [0.717, 1.165) is 6.42 Å². The van der Waals surface area contributed by atoms with Crippen molar-refractivity contribution in [2.45, 2.75) is 32.3 Å². The predicted molar refractivity (Wildman–Crippen MR) is 86.0 cm³/mol. The quantitative estimate of drug-likeness (QED) is 0.900. The Morgan fingerprint density at radius 1 is 1.42 bits per heavy atom. The third kappa shape index (κ3) is 2.97. The van der Waals surface area contributed by atoms with Crippen LogP contribution < -0.4 is 15.4 Å². The molecule has 0 spiro atoms. The number of hydrogen-bond donors (Lipinski definition) is 2. The smallest absolute Gasteiger partial charge is 0.277 e. The molecule has 1 aromatic carbocycles. The molecule has 1 saturated carbocycles. The lowest BCUT2D eigenvalue weighted by atomic mass is 10.2. The Morgan fingerprint density at radius 3 is 3.04 bits per heavy atom. The Hall–Kier alpha value is -2.83. The highest BCUT2D eigenvalue weighted by Crippen LogP contribution is 2.33. The number of carbonyl (C=O) groups excluding carboxylic acids is 2. The number of fused-ring (bicyclic) bond motifs is 1. The summed E-state index contributed by atoms with van der Waals surface area (Å²) in [7, 11) is 0. The van der Waals surface area contributed by atoms with Gasteiger partial charge < -0.3 is 19.8 Å². The van der Waals surface area contributed by atoms with E-state index < -0.39 is 6.10 Å². The molecule has 0 radical (unpaired) electrons. The van der Waals surface area contributed by atoms with Crippen molar-refractivity contribution in [3.8, 4) is 5.75 Å². The van der Waals surface area contributed by atoms with Crippen molar-refractivity contribution in [2.24, 2.45) is 5.92 Å². The van der Waals surface area contributed by atoms with Crippen molar-refractivity contribution in [1.82, 2.24) is 4.98 Å².